The van der Waals surface area contributed by atoms with E-state index in [0.717, 1.165) is 25.1 Å². The first kappa shape index (κ1) is 24.6. The largest absolute Gasteiger partial charge is 0.493 e. The Morgan fingerprint density at radius 2 is 2.00 bits per heavy atom. The van der Waals surface area contributed by atoms with E-state index in [-0.39, 0.29) is 5.91 Å². The van der Waals surface area contributed by atoms with Crippen LogP contribution < -0.4 is 14.8 Å². The van der Waals surface area contributed by atoms with Gasteiger partial charge in [0, 0.05) is 24.6 Å². The van der Waals surface area contributed by atoms with Crippen LogP contribution in [0.15, 0.2) is 42.5 Å². The van der Waals surface area contributed by atoms with E-state index in [2.05, 4.69) is 29.0 Å². The molecule has 6 nitrogen and oxygen atoms in total. The van der Waals surface area contributed by atoms with Crippen LogP contribution >= 0.6 is 0 Å². The Morgan fingerprint density at radius 3 is 2.73 bits per heavy atom. The third-order valence-corrected chi connectivity index (χ3v) is 5.84. The summed E-state index contributed by atoms with van der Waals surface area (Å²) in [6.07, 6.45) is 2.87. The van der Waals surface area contributed by atoms with Gasteiger partial charge in [0.25, 0.3) is 5.91 Å². The van der Waals surface area contributed by atoms with E-state index in [9.17, 15) is 4.79 Å². The van der Waals surface area contributed by atoms with Crippen LogP contribution in [-0.4, -0.2) is 57.3 Å². The smallest absolute Gasteiger partial charge is 0.255 e. The van der Waals surface area contributed by atoms with E-state index in [4.69, 9.17) is 14.2 Å². The Kier molecular flexibility index (Phi) is 9.61. The molecule has 0 spiro atoms. The number of benzene rings is 2. The average molecular weight is 451 g/mol. The maximum atomic E-state index is 13.0. The summed E-state index contributed by atoms with van der Waals surface area (Å²) in [5.74, 6) is 6.98. The molecule has 0 aromatic heterocycles. The number of nitrogens with zero attached hydrogens (tertiary/aromatic N) is 1. The van der Waals surface area contributed by atoms with Crippen molar-refractivity contribution < 1.29 is 19.0 Å². The van der Waals surface area contributed by atoms with Crippen LogP contribution in [0, 0.1) is 11.8 Å². The molecule has 0 unspecified atom stereocenters. The molecule has 1 fully saturated rings. The Balaban J connectivity index is 1.62. The molecule has 176 valence electrons. The predicted molar refractivity (Wildman–Crippen MR) is 130 cm³/mol. The third kappa shape index (κ3) is 6.98. The summed E-state index contributed by atoms with van der Waals surface area (Å²) in [5.41, 5.74) is 2.28. The fraction of sp³-hybridized carbons (Fsp3) is 0.444. The molecule has 3 rings (SSSR count). The van der Waals surface area contributed by atoms with Crippen molar-refractivity contribution >= 4 is 5.91 Å². The van der Waals surface area contributed by atoms with Crippen LogP contribution in [0.1, 0.15) is 47.7 Å². The van der Waals surface area contributed by atoms with Gasteiger partial charge in [0.05, 0.1) is 33.0 Å². The second kappa shape index (κ2) is 12.9. The summed E-state index contributed by atoms with van der Waals surface area (Å²) in [4.78, 5) is 15.4. The number of likely N-dealkylation sites (tertiary alicyclic amines) is 1. The molecule has 1 aliphatic heterocycles. The highest BCUT2D eigenvalue weighted by Gasteiger charge is 2.24. The Bertz CT molecular complexity index is 965. The van der Waals surface area contributed by atoms with Crippen LogP contribution in [0.25, 0.3) is 0 Å². The van der Waals surface area contributed by atoms with Crippen LogP contribution in [0.5, 0.6) is 11.5 Å². The zero-order valence-corrected chi connectivity index (χ0v) is 19.9. The molecule has 1 aliphatic rings. The van der Waals surface area contributed by atoms with Crippen molar-refractivity contribution in [1.29, 1.82) is 0 Å². The Morgan fingerprint density at radius 1 is 1.18 bits per heavy atom. The number of rotatable bonds is 10. The fourth-order valence-electron chi connectivity index (χ4n) is 4.11. The van der Waals surface area contributed by atoms with Crippen molar-refractivity contribution in [3.63, 3.8) is 0 Å². The van der Waals surface area contributed by atoms with Crippen LogP contribution in [0.2, 0.25) is 0 Å². The van der Waals surface area contributed by atoms with Gasteiger partial charge >= 0.3 is 0 Å². The van der Waals surface area contributed by atoms with Crippen molar-refractivity contribution in [3.05, 3.63) is 59.2 Å². The van der Waals surface area contributed by atoms with E-state index in [1.807, 2.05) is 30.3 Å². The topological polar surface area (TPSA) is 60.0 Å². The fourth-order valence-corrected chi connectivity index (χ4v) is 4.11. The first-order valence-electron chi connectivity index (χ1n) is 11.5. The number of carbonyl (C=O) groups excluding carboxylic acids is 1. The van der Waals surface area contributed by atoms with Gasteiger partial charge in [-0.2, -0.15) is 0 Å². The summed E-state index contributed by atoms with van der Waals surface area (Å²) < 4.78 is 16.6. The van der Waals surface area contributed by atoms with Crippen molar-refractivity contribution in [3.8, 4) is 23.3 Å². The van der Waals surface area contributed by atoms with Crippen LogP contribution in [0.3, 0.4) is 0 Å². The number of amides is 1. The Labute approximate surface area is 197 Å². The molecule has 1 amide bonds. The van der Waals surface area contributed by atoms with E-state index >= 15 is 0 Å². The van der Waals surface area contributed by atoms with E-state index < -0.39 is 0 Å². The second-order valence-corrected chi connectivity index (χ2v) is 7.98. The normalized spacial score (nSPS) is 15.5. The lowest BCUT2D eigenvalue weighted by atomic mass is 10.1. The van der Waals surface area contributed by atoms with Crippen LogP contribution in [0.4, 0.5) is 0 Å². The number of methoxy groups -OCH3 is 2. The molecule has 1 saturated heterocycles. The number of ether oxygens (including phenoxy) is 3. The van der Waals surface area contributed by atoms with Crippen molar-refractivity contribution in [1.82, 2.24) is 10.2 Å². The summed E-state index contributed by atoms with van der Waals surface area (Å²) in [7, 11) is 3.10. The maximum Gasteiger partial charge on any atom is 0.255 e. The third-order valence-electron chi connectivity index (χ3n) is 5.84. The van der Waals surface area contributed by atoms with E-state index in [0.29, 0.717) is 54.8 Å². The molecular formula is C27H34N2O4. The monoisotopic (exact) mass is 450 g/mol. The zero-order chi connectivity index (χ0) is 23.5. The molecule has 2 aromatic rings. The van der Waals surface area contributed by atoms with Gasteiger partial charge in [-0.3, -0.25) is 9.69 Å². The lowest BCUT2D eigenvalue weighted by Gasteiger charge is -2.23. The minimum atomic E-state index is -0.178. The number of nitrogens with one attached hydrogen (secondary N) is 1. The van der Waals surface area contributed by atoms with E-state index in [1.54, 1.807) is 26.4 Å². The molecule has 0 bridgehead atoms. The molecule has 0 aliphatic carbocycles. The molecule has 1 atom stereocenters. The molecule has 1 N–H and O–H groups in total. The van der Waals surface area contributed by atoms with Crippen molar-refractivity contribution in [2.45, 2.75) is 38.8 Å². The minimum absolute atomic E-state index is 0.178. The summed E-state index contributed by atoms with van der Waals surface area (Å²) in [6, 6.07) is 14.0. The molecule has 0 saturated carbocycles. The number of hydrogen-bond donors (Lipinski definition) is 1. The van der Waals surface area contributed by atoms with Gasteiger partial charge in [-0.15, -0.1) is 0 Å². The maximum absolute atomic E-state index is 13.0. The van der Waals surface area contributed by atoms with Gasteiger partial charge in [-0.1, -0.05) is 49.1 Å². The van der Waals surface area contributed by atoms with Gasteiger partial charge in [0.1, 0.15) is 0 Å². The number of carbonyl (C=O) groups is 1. The molecule has 2 aromatic carbocycles. The molecule has 6 heteroatoms. The first-order chi connectivity index (χ1) is 16.2. The molecule has 0 radical (unpaired) electrons. The molecule has 33 heavy (non-hydrogen) atoms. The van der Waals surface area contributed by atoms with Gasteiger partial charge in [-0.25, -0.2) is 0 Å². The van der Waals surface area contributed by atoms with Crippen molar-refractivity contribution in [2.75, 3.05) is 40.5 Å². The second-order valence-electron chi connectivity index (χ2n) is 7.98. The van der Waals surface area contributed by atoms with Gasteiger partial charge < -0.3 is 19.5 Å². The van der Waals surface area contributed by atoms with E-state index in [1.165, 1.54) is 6.42 Å². The average Bonchev–Trinajstić information content (AvgIpc) is 3.32. The number of hydrogen-bond acceptors (Lipinski definition) is 5. The Hall–Kier alpha value is -3.01. The van der Waals surface area contributed by atoms with Crippen molar-refractivity contribution in [2.24, 2.45) is 0 Å². The summed E-state index contributed by atoms with van der Waals surface area (Å²) in [5, 5.41) is 3.07. The summed E-state index contributed by atoms with van der Waals surface area (Å²) >= 11 is 0. The highest BCUT2D eigenvalue weighted by Crippen LogP contribution is 2.32. The highest BCUT2D eigenvalue weighted by molar-refractivity contribution is 5.98. The highest BCUT2D eigenvalue weighted by atomic mass is 16.5. The SMILES string of the molecule is CCN1CCC[C@H]1CNC(=O)c1cc(C#CCCOCc2ccccc2)cc(OC)c1OC. The standard InChI is InChI=1S/C27H34N2O4/c1-4-29-15-10-14-23(29)19-28-27(30)24-17-22(18-25(31-2)26(24)32-3)13-8-9-16-33-20-21-11-6-5-7-12-21/h5-7,11-12,17-18,23H,4,9-10,14-16,19-20H2,1-3H3,(H,28,30)/t23-/m0/s1. The summed E-state index contributed by atoms with van der Waals surface area (Å²) in [6.45, 7) is 5.97. The molecule has 1 heterocycles. The predicted octanol–water partition coefficient (Wildman–Crippen LogP) is 3.88. The van der Waals surface area contributed by atoms with Crippen LogP contribution in [-0.2, 0) is 11.3 Å². The van der Waals surface area contributed by atoms with Gasteiger partial charge in [0.2, 0.25) is 0 Å². The van der Waals surface area contributed by atoms with Gasteiger partial charge in [-0.05, 0) is 43.6 Å². The minimum Gasteiger partial charge on any atom is -0.493 e. The zero-order valence-electron chi connectivity index (χ0n) is 19.9. The van der Waals surface area contributed by atoms with Gasteiger partial charge in [0.15, 0.2) is 11.5 Å². The lowest BCUT2D eigenvalue weighted by molar-refractivity contribution is 0.0937. The first-order valence-corrected chi connectivity index (χ1v) is 11.5. The number of likely N-dealkylation sites (N-methyl/N-ethyl adjacent to an activating group) is 1. The molecular weight excluding hydrogens is 416 g/mol. The quantitative estimate of drug-likeness (QED) is 0.440. The lowest BCUT2D eigenvalue weighted by Crippen LogP contribution is -2.40.